The van der Waals surface area contributed by atoms with Gasteiger partial charge in [0.05, 0.1) is 12.1 Å². The van der Waals surface area contributed by atoms with Gasteiger partial charge in [0.2, 0.25) is 5.91 Å². The smallest absolute Gasteiger partial charge is 0.237 e. The van der Waals surface area contributed by atoms with Crippen molar-refractivity contribution in [1.29, 1.82) is 5.26 Å². The van der Waals surface area contributed by atoms with E-state index in [0.29, 0.717) is 17.9 Å². The Balaban J connectivity index is 2.60. The Labute approximate surface area is 112 Å². The normalized spacial score (nSPS) is 13.4. The molecule has 5 heteroatoms. The standard InChI is InChI=1S/C13H16ClN3O/c1-2-12(16)13(18)17-11(8-15)7-9-3-5-10(14)6-4-9/h3-6,11-12H,2,7,16H2,1H3,(H,17,18)/t11-,12-/m0/s1. The maximum atomic E-state index is 11.6. The molecule has 0 unspecified atom stereocenters. The van der Waals surface area contributed by atoms with Crippen LogP contribution < -0.4 is 11.1 Å². The Kier molecular flexibility index (Phi) is 5.63. The van der Waals surface area contributed by atoms with Gasteiger partial charge in [-0.25, -0.2) is 0 Å². The van der Waals surface area contributed by atoms with Crippen molar-refractivity contribution in [2.75, 3.05) is 0 Å². The number of nitrogens with two attached hydrogens (primary N) is 1. The van der Waals surface area contributed by atoms with Gasteiger partial charge in [0, 0.05) is 11.4 Å². The van der Waals surface area contributed by atoms with Crippen LogP contribution in [0.15, 0.2) is 24.3 Å². The van der Waals surface area contributed by atoms with Crippen LogP contribution in [0, 0.1) is 11.3 Å². The second kappa shape index (κ2) is 7.00. The highest BCUT2D eigenvalue weighted by atomic mass is 35.5. The van der Waals surface area contributed by atoms with Crippen molar-refractivity contribution in [3.8, 4) is 6.07 Å². The molecular formula is C13H16ClN3O. The average molecular weight is 266 g/mol. The predicted molar refractivity (Wildman–Crippen MR) is 71.0 cm³/mol. The molecule has 0 spiro atoms. The van der Waals surface area contributed by atoms with Crippen LogP contribution in [0.4, 0.5) is 0 Å². The van der Waals surface area contributed by atoms with Crippen LogP contribution in [-0.2, 0) is 11.2 Å². The minimum absolute atomic E-state index is 0.294. The molecule has 0 radical (unpaired) electrons. The molecule has 3 N–H and O–H groups in total. The zero-order valence-electron chi connectivity index (χ0n) is 10.2. The Morgan fingerprint density at radius 2 is 2.11 bits per heavy atom. The van der Waals surface area contributed by atoms with Crippen LogP contribution >= 0.6 is 11.6 Å². The molecular weight excluding hydrogens is 250 g/mol. The third kappa shape index (κ3) is 4.36. The van der Waals surface area contributed by atoms with E-state index in [2.05, 4.69) is 11.4 Å². The van der Waals surface area contributed by atoms with Crippen LogP contribution in [0.3, 0.4) is 0 Å². The van der Waals surface area contributed by atoms with E-state index >= 15 is 0 Å². The summed E-state index contributed by atoms with van der Waals surface area (Å²) in [4.78, 5) is 11.6. The van der Waals surface area contributed by atoms with Gasteiger partial charge in [-0.05, 0) is 24.1 Å². The van der Waals surface area contributed by atoms with Gasteiger partial charge in [0.1, 0.15) is 6.04 Å². The van der Waals surface area contributed by atoms with Gasteiger partial charge in [-0.15, -0.1) is 0 Å². The zero-order chi connectivity index (χ0) is 13.5. The highest BCUT2D eigenvalue weighted by Gasteiger charge is 2.16. The summed E-state index contributed by atoms with van der Waals surface area (Å²) >= 11 is 5.78. The molecule has 0 aromatic heterocycles. The van der Waals surface area contributed by atoms with Gasteiger partial charge >= 0.3 is 0 Å². The summed E-state index contributed by atoms with van der Waals surface area (Å²) in [5.74, 6) is -0.294. The van der Waals surface area contributed by atoms with Crippen molar-refractivity contribution in [2.45, 2.75) is 31.8 Å². The fourth-order valence-corrected chi connectivity index (χ4v) is 1.58. The molecule has 0 heterocycles. The van der Waals surface area contributed by atoms with Crippen molar-refractivity contribution in [3.63, 3.8) is 0 Å². The molecule has 96 valence electrons. The molecule has 0 fully saturated rings. The molecule has 4 nitrogen and oxygen atoms in total. The molecule has 18 heavy (non-hydrogen) atoms. The van der Waals surface area contributed by atoms with Gasteiger partial charge in [-0.3, -0.25) is 4.79 Å². The molecule has 0 aliphatic carbocycles. The van der Waals surface area contributed by atoms with E-state index in [-0.39, 0.29) is 5.91 Å². The number of amides is 1. The third-order valence-corrected chi connectivity index (χ3v) is 2.85. The summed E-state index contributed by atoms with van der Waals surface area (Å²) in [6.07, 6.45) is 0.987. The van der Waals surface area contributed by atoms with Crippen LogP contribution in [0.2, 0.25) is 5.02 Å². The first kappa shape index (κ1) is 14.5. The van der Waals surface area contributed by atoms with Gasteiger partial charge in [0.15, 0.2) is 0 Å². The monoisotopic (exact) mass is 265 g/mol. The summed E-state index contributed by atoms with van der Waals surface area (Å²) in [6.45, 7) is 1.82. The third-order valence-electron chi connectivity index (χ3n) is 2.60. The summed E-state index contributed by atoms with van der Waals surface area (Å²) < 4.78 is 0. The van der Waals surface area contributed by atoms with Gasteiger partial charge < -0.3 is 11.1 Å². The van der Waals surface area contributed by atoms with Crippen molar-refractivity contribution >= 4 is 17.5 Å². The number of rotatable bonds is 5. The average Bonchev–Trinajstić information content (AvgIpc) is 2.39. The fraction of sp³-hybridized carbons (Fsp3) is 0.385. The second-order valence-corrected chi connectivity index (χ2v) is 4.47. The predicted octanol–water partition coefficient (Wildman–Crippen LogP) is 1.63. The minimum atomic E-state index is -0.573. The van der Waals surface area contributed by atoms with Crippen LogP contribution in [0.5, 0.6) is 0 Å². The highest BCUT2D eigenvalue weighted by Crippen LogP contribution is 2.11. The minimum Gasteiger partial charge on any atom is -0.339 e. The summed E-state index contributed by atoms with van der Waals surface area (Å²) in [5.41, 5.74) is 6.53. The van der Waals surface area contributed by atoms with Crippen molar-refractivity contribution < 1.29 is 4.79 Å². The fourth-order valence-electron chi connectivity index (χ4n) is 1.45. The summed E-state index contributed by atoms with van der Waals surface area (Å²) in [6, 6.07) is 8.09. The molecule has 1 aromatic carbocycles. The number of nitrogens with one attached hydrogen (secondary N) is 1. The quantitative estimate of drug-likeness (QED) is 0.849. The van der Waals surface area contributed by atoms with Crippen LogP contribution in [-0.4, -0.2) is 18.0 Å². The lowest BCUT2D eigenvalue weighted by Gasteiger charge is -2.14. The van der Waals surface area contributed by atoms with Crippen molar-refractivity contribution in [1.82, 2.24) is 5.32 Å². The van der Waals surface area contributed by atoms with E-state index in [1.807, 2.05) is 19.1 Å². The molecule has 1 rings (SSSR count). The first-order valence-corrected chi connectivity index (χ1v) is 6.14. The van der Waals surface area contributed by atoms with Crippen LogP contribution in [0.1, 0.15) is 18.9 Å². The maximum Gasteiger partial charge on any atom is 0.237 e. The van der Waals surface area contributed by atoms with Crippen molar-refractivity contribution in [3.05, 3.63) is 34.9 Å². The highest BCUT2D eigenvalue weighted by molar-refractivity contribution is 6.30. The van der Waals surface area contributed by atoms with E-state index in [1.165, 1.54) is 0 Å². The Bertz CT molecular complexity index is 439. The van der Waals surface area contributed by atoms with Crippen LogP contribution in [0.25, 0.3) is 0 Å². The Hall–Kier alpha value is -1.57. The van der Waals surface area contributed by atoms with E-state index in [1.54, 1.807) is 12.1 Å². The molecule has 0 saturated heterocycles. The molecule has 0 aliphatic heterocycles. The van der Waals surface area contributed by atoms with Gasteiger partial charge in [-0.2, -0.15) is 5.26 Å². The van der Waals surface area contributed by atoms with E-state index in [0.717, 1.165) is 5.56 Å². The summed E-state index contributed by atoms with van der Waals surface area (Å²) in [7, 11) is 0. The number of hydrogen-bond acceptors (Lipinski definition) is 3. The summed E-state index contributed by atoms with van der Waals surface area (Å²) in [5, 5.41) is 12.3. The lowest BCUT2D eigenvalue weighted by atomic mass is 10.1. The molecule has 1 amide bonds. The number of hydrogen-bond donors (Lipinski definition) is 2. The number of halogens is 1. The topological polar surface area (TPSA) is 78.9 Å². The van der Waals surface area contributed by atoms with E-state index < -0.39 is 12.1 Å². The Morgan fingerprint density at radius 1 is 1.50 bits per heavy atom. The van der Waals surface area contributed by atoms with Crippen molar-refractivity contribution in [2.24, 2.45) is 5.73 Å². The number of benzene rings is 1. The van der Waals surface area contributed by atoms with E-state index in [9.17, 15) is 4.79 Å². The lowest BCUT2D eigenvalue weighted by Crippen LogP contribution is -2.45. The second-order valence-electron chi connectivity index (χ2n) is 4.04. The molecule has 0 aliphatic rings. The first-order chi connectivity index (χ1) is 8.56. The molecule has 0 saturated carbocycles. The molecule has 2 atom stereocenters. The first-order valence-electron chi connectivity index (χ1n) is 5.76. The number of carbonyl (C=O) groups excluding carboxylic acids is 1. The largest absolute Gasteiger partial charge is 0.339 e. The Morgan fingerprint density at radius 3 is 2.61 bits per heavy atom. The van der Waals surface area contributed by atoms with Gasteiger partial charge in [0.25, 0.3) is 0 Å². The van der Waals surface area contributed by atoms with E-state index in [4.69, 9.17) is 22.6 Å². The zero-order valence-corrected chi connectivity index (χ0v) is 10.9. The lowest BCUT2D eigenvalue weighted by molar-refractivity contribution is -0.122. The SMILES string of the molecule is CC[C@H](N)C(=O)N[C@H](C#N)Cc1ccc(Cl)cc1. The maximum absolute atomic E-state index is 11.6. The number of nitriles is 1. The van der Waals surface area contributed by atoms with Gasteiger partial charge in [-0.1, -0.05) is 30.7 Å². The number of nitrogens with zero attached hydrogens (tertiary/aromatic N) is 1. The molecule has 1 aromatic rings. The number of carbonyl (C=O) groups is 1. The molecule has 0 bridgehead atoms.